The van der Waals surface area contributed by atoms with Gasteiger partial charge < -0.3 is 11.1 Å². The average molecular weight is 332 g/mol. The fourth-order valence-electron chi connectivity index (χ4n) is 3.15. The SMILES string of the molecule is CC(C)(C)NC(=O)NC(=O)CN1C[C@@H](CN)[C@H](c2ccccc2)C1. The molecule has 6 heteroatoms. The first kappa shape index (κ1) is 18.4. The molecule has 6 nitrogen and oxygen atoms in total. The summed E-state index contributed by atoms with van der Waals surface area (Å²) in [7, 11) is 0. The van der Waals surface area contributed by atoms with Crippen LogP contribution in [0.5, 0.6) is 0 Å². The maximum Gasteiger partial charge on any atom is 0.321 e. The minimum absolute atomic E-state index is 0.206. The Kier molecular flexibility index (Phi) is 5.96. The third kappa shape index (κ3) is 5.32. The molecule has 4 N–H and O–H groups in total. The van der Waals surface area contributed by atoms with Gasteiger partial charge in [0.15, 0.2) is 0 Å². The molecule has 3 amide bonds. The van der Waals surface area contributed by atoms with Crippen molar-refractivity contribution in [2.24, 2.45) is 11.7 Å². The van der Waals surface area contributed by atoms with Crippen LogP contribution in [0.4, 0.5) is 4.79 Å². The van der Waals surface area contributed by atoms with Gasteiger partial charge in [-0.1, -0.05) is 30.3 Å². The van der Waals surface area contributed by atoms with Gasteiger partial charge >= 0.3 is 6.03 Å². The number of carbonyl (C=O) groups is 2. The molecule has 24 heavy (non-hydrogen) atoms. The molecule has 132 valence electrons. The van der Waals surface area contributed by atoms with Crippen LogP contribution in [-0.2, 0) is 4.79 Å². The van der Waals surface area contributed by atoms with E-state index in [0.29, 0.717) is 18.4 Å². The van der Waals surface area contributed by atoms with E-state index >= 15 is 0 Å². The highest BCUT2D eigenvalue weighted by Gasteiger charge is 2.33. The van der Waals surface area contributed by atoms with Gasteiger partial charge in [-0.25, -0.2) is 4.79 Å². The van der Waals surface area contributed by atoms with Crippen molar-refractivity contribution in [2.75, 3.05) is 26.2 Å². The van der Waals surface area contributed by atoms with Crippen molar-refractivity contribution in [2.45, 2.75) is 32.2 Å². The van der Waals surface area contributed by atoms with E-state index in [1.54, 1.807) is 0 Å². The summed E-state index contributed by atoms with van der Waals surface area (Å²) in [6.07, 6.45) is 0. The monoisotopic (exact) mass is 332 g/mol. The van der Waals surface area contributed by atoms with E-state index < -0.39 is 6.03 Å². The van der Waals surface area contributed by atoms with Gasteiger partial charge in [0.2, 0.25) is 5.91 Å². The Morgan fingerprint density at radius 3 is 2.46 bits per heavy atom. The molecule has 1 heterocycles. The third-order valence-corrected chi connectivity index (χ3v) is 4.16. The number of likely N-dealkylation sites (tertiary alicyclic amines) is 1. The summed E-state index contributed by atoms with van der Waals surface area (Å²) >= 11 is 0. The third-order valence-electron chi connectivity index (χ3n) is 4.16. The number of nitrogens with zero attached hydrogens (tertiary/aromatic N) is 1. The van der Waals surface area contributed by atoms with Crippen molar-refractivity contribution in [3.05, 3.63) is 35.9 Å². The average Bonchev–Trinajstić information content (AvgIpc) is 2.88. The number of hydrogen-bond acceptors (Lipinski definition) is 4. The summed E-state index contributed by atoms with van der Waals surface area (Å²) in [6.45, 7) is 7.94. The maximum atomic E-state index is 12.1. The van der Waals surface area contributed by atoms with Gasteiger partial charge in [0.25, 0.3) is 0 Å². The van der Waals surface area contributed by atoms with Crippen LogP contribution in [0.15, 0.2) is 30.3 Å². The fourth-order valence-corrected chi connectivity index (χ4v) is 3.15. The van der Waals surface area contributed by atoms with E-state index in [1.807, 2.05) is 39.0 Å². The zero-order chi connectivity index (χ0) is 17.7. The van der Waals surface area contributed by atoms with Crippen molar-refractivity contribution in [3.63, 3.8) is 0 Å². The number of amides is 3. The molecule has 0 bridgehead atoms. The van der Waals surface area contributed by atoms with Gasteiger partial charge in [0, 0.05) is 24.5 Å². The lowest BCUT2D eigenvalue weighted by Crippen LogP contribution is -2.50. The summed E-state index contributed by atoms with van der Waals surface area (Å²) in [5.74, 6) is 0.359. The van der Waals surface area contributed by atoms with Crippen molar-refractivity contribution in [1.82, 2.24) is 15.5 Å². The maximum absolute atomic E-state index is 12.1. The number of carbonyl (C=O) groups excluding carboxylic acids is 2. The van der Waals surface area contributed by atoms with E-state index in [1.165, 1.54) is 5.56 Å². The van der Waals surface area contributed by atoms with Crippen LogP contribution >= 0.6 is 0 Å². The van der Waals surface area contributed by atoms with E-state index in [2.05, 4.69) is 27.7 Å². The number of urea groups is 1. The molecule has 0 spiro atoms. The highest BCUT2D eigenvalue weighted by Crippen LogP contribution is 2.31. The predicted octanol–water partition coefficient (Wildman–Crippen LogP) is 1.29. The topological polar surface area (TPSA) is 87.5 Å². The minimum Gasteiger partial charge on any atom is -0.333 e. The van der Waals surface area contributed by atoms with Crippen LogP contribution in [0.3, 0.4) is 0 Å². The first-order valence-electron chi connectivity index (χ1n) is 8.38. The minimum atomic E-state index is -0.457. The molecule has 0 saturated carbocycles. The largest absolute Gasteiger partial charge is 0.333 e. The van der Waals surface area contributed by atoms with Crippen molar-refractivity contribution in [1.29, 1.82) is 0 Å². The molecule has 1 aromatic rings. The van der Waals surface area contributed by atoms with Crippen molar-refractivity contribution >= 4 is 11.9 Å². The molecule has 0 aromatic heterocycles. The number of nitrogens with one attached hydrogen (secondary N) is 2. The number of nitrogens with two attached hydrogens (primary N) is 1. The Labute approximate surface area is 143 Å². The predicted molar refractivity (Wildman–Crippen MR) is 94.6 cm³/mol. The number of benzene rings is 1. The molecule has 0 aliphatic carbocycles. The smallest absolute Gasteiger partial charge is 0.321 e. The van der Waals surface area contributed by atoms with Crippen LogP contribution in [-0.4, -0.2) is 48.6 Å². The Morgan fingerprint density at radius 1 is 1.21 bits per heavy atom. The molecular weight excluding hydrogens is 304 g/mol. The summed E-state index contributed by atoms with van der Waals surface area (Å²) in [5, 5.41) is 5.11. The highest BCUT2D eigenvalue weighted by atomic mass is 16.2. The fraction of sp³-hybridized carbons (Fsp3) is 0.556. The Balaban J connectivity index is 1.89. The van der Waals surface area contributed by atoms with Gasteiger partial charge in [-0.15, -0.1) is 0 Å². The Bertz CT molecular complexity index is 568. The molecule has 0 unspecified atom stereocenters. The standard InChI is InChI=1S/C18H28N4O2/c1-18(2,3)21-17(24)20-16(23)12-22-10-14(9-19)15(11-22)13-7-5-4-6-8-13/h4-8,14-15H,9-12,19H2,1-3H3,(H2,20,21,23,24)/t14-,15+/m1/s1. The molecule has 1 saturated heterocycles. The molecule has 2 atom stereocenters. The number of rotatable bonds is 4. The lowest BCUT2D eigenvalue weighted by Gasteiger charge is -2.21. The van der Waals surface area contributed by atoms with E-state index in [0.717, 1.165) is 13.1 Å². The van der Waals surface area contributed by atoms with Crippen LogP contribution in [0.25, 0.3) is 0 Å². The van der Waals surface area contributed by atoms with Gasteiger partial charge in [0.1, 0.15) is 0 Å². The van der Waals surface area contributed by atoms with Crippen LogP contribution in [0.1, 0.15) is 32.3 Å². The molecule has 2 rings (SSSR count). The molecule has 1 aliphatic rings. The molecule has 1 aromatic carbocycles. The molecule has 1 fully saturated rings. The Morgan fingerprint density at radius 2 is 1.88 bits per heavy atom. The van der Waals surface area contributed by atoms with E-state index in [9.17, 15) is 9.59 Å². The Hall–Kier alpha value is -1.92. The first-order chi connectivity index (χ1) is 11.3. The van der Waals surface area contributed by atoms with Crippen LogP contribution in [0.2, 0.25) is 0 Å². The zero-order valence-corrected chi connectivity index (χ0v) is 14.7. The van der Waals surface area contributed by atoms with Crippen molar-refractivity contribution < 1.29 is 9.59 Å². The zero-order valence-electron chi connectivity index (χ0n) is 14.7. The van der Waals surface area contributed by atoms with Gasteiger partial charge in [-0.3, -0.25) is 15.0 Å². The molecule has 0 radical (unpaired) electrons. The van der Waals surface area contributed by atoms with Crippen LogP contribution < -0.4 is 16.4 Å². The van der Waals surface area contributed by atoms with Crippen molar-refractivity contribution in [3.8, 4) is 0 Å². The second kappa shape index (κ2) is 7.77. The number of hydrogen-bond donors (Lipinski definition) is 3. The normalized spacial score (nSPS) is 21.5. The first-order valence-corrected chi connectivity index (χ1v) is 8.38. The summed E-state index contributed by atoms with van der Waals surface area (Å²) < 4.78 is 0. The number of imide groups is 1. The summed E-state index contributed by atoms with van der Waals surface area (Å²) in [4.78, 5) is 25.9. The van der Waals surface area contributed by atoms with Gasteiger partial charge in [0.05, 0.1) is 6.54 Å². The lowest BCUT2D eigenvalue weighted by molar-refractivity contribution is -0.121. The summed E-state index contributed by atoms with van der Waals surface area (Å²) in [5.41, 5.74) is 6.79. The van der Waals surface area contributed by atoms with Gasteiger partial charge in [-0.05, 0) is 38.8 Å². The second-order valence-electron chi connectivity index (χ2n) is 7.46. The highest BCUT2D eigenvalue weighted by molar-refractivity contribution is 5.95. The summed E-state index contributed by atoms with van der Waals surface area (Å²) in [6, 6.07) is 9.79. The molecular formula is C18H28N4O2. The van der Waals surface area contributed by atoms with E-state index in [-0.39, 0.29) is 18.0 Å². The second-order valence-corrected chi connectivity index (χ2v) is 7.46. The van der Waals surface area contributed by atoms with Gasteiger partial charge in [-0.2, -0.15) is 0 Å². The lowest BCUT2D eigenvalue weighted by atomic mass is 9.89. The van der Waals surface area contributed by atoms with E-state index in [4.69, 9.17) is 5.73 Å². The van der Waals surface area contributed by atoms with Crippen LogP contribution in [0, 0.1) is 5.92 Å². The molecule has 1 aliphatic heterocycles. The quantitative estimate of drug-likeness (QED) is 0.775.